The molecule has 0 atom stereocenters. The minimum atomic E-state index is -4.29. The van der Waals surface area contributed by atoms with Gasteiger partial charge in [-0.25, -0.2) is 9.97 Å². The summed E-state index contributed by atoms with van der Waals surface area (Å²) in [5.74, 6) is 0.668. The van der Waals surface area contributed by atoms with E-state index in [0.29, 0.717) is 18.0 Å². The van der Waals surface area contributed by atoms with Crippen LogP contribution in [0.4, 0.5) is 24.8 Å². The van der Waals surface area contributed by atoms with Gasteiger partial charge in [-0.15, -0.1) is 0 Å². The molecule has 0 saturated heterocycles. The Labute approximate surface area is 113 Å². The third kappa shape index (κ3) is 2.04. The quantitative estimate of drug-likeness (QED) is 0.907. The Morgan fingerprint density at radius 3 is 2.75 bits per heavy atom. The van der Waals surface area contributed by atoms with Crippen LogP contribution in [0.25, 0.3) is 5.65 Å². The number of aromatic nitrogens is 3. The number of halogens is 3. The molecule has 8 heteroatoms. The van der Waals surface area contributed by atoms with Gasteiger partial charge in [0.2, 0.25) is 0 Å². The Morgan fingerprint density at radius 2 is 2.15 bits per heavy atom. The van der Waals surface area contributed by atoms with E-state index in [2.05, 4.69) is 20.6 Å². The minimum Gasteiger partial charge on any atom is -0.369 e. The van der Waals surface area contributed by atoms with E-state index in [0.717, 1.165) is 0 Å². The summed E-state index contributed by atoms with van der Waals surface area (Å²) in [7, 11) is 0. The first-order valence-electron chi connectivity index (χ1n) is 6.38. The lowest BCUT2D eigenvalue weighted by Gasteiger charge is -2.21. The lowest BCUT2D eigenvalue weighted by atomic mass is 10.2. The predicted molar refractivity (Wildman–Crippen MR) is 68.8 cm³/mol. The van der Waals surface area contributed by atoms with E-state index in [9.17, 15) is 13.2 Å². The van der Waals surface area contributed by atoms with E-state index in [4.69, 9.17) is 0 Å². The fraction of sp³-hybridized carbons (Fsp3) is 0.500. The van der Waals surface area contributed by atoms with Crippen LogP contribution in [-0.2, 0) is 0 Å². The largest absolute Gasteiger partial charge is 0.411 e. The number of rotatable bonds is 4. The number of fused-ring (bicyclic) bond motifs is 1. The number of nitrogens with zero attached hydrogens (tertiary/aromatic N) is 3. The summed E-state index contributed by atoms with van der Waals surface area (Å²) < 4.78 is 40.7. The molecule has 20 heavy (non-hydrogen) atoms. The molecule has 2 aromatic heterocycles. The molecule has 2 aromatic rings. The molecule has 0 unspecified atom stereocenters. The first-order valence-corrected chi connectivity index (χ1v) is 6.38. The van der Waals surface area contributed by atoms with Gasteiger partial charge in [0.15, 0.2) is 11.5 Å². The SMILES string of the molecule is CCNc1cn2ccnc2c(NC2(C(F)(F)F)CC2)n1. The maximum absolute atomic E-state index is 13.0. The Kier molecular flexibility index (Phi) is 2.77. The van der Waals surface area contributed by atoms with Crippen LogP contribution in [-0.4, -0.2) is 32.6 Å². The lowest BCUT2D eigenvalue weighted by Crippen LogP contribution is -2.39. The molecule has 0 aromatic carbocycles. The van der Waals surface area contributed by atoms with Gasteiger partial charge in [0.1, 0.15) is 11.4 Å². The molecule has 108 valence electrons. The summed E-state index contributed by atoms with van der Waals surface area (Å²) >= 11 is 0. The molecule has 0 bridgehead atoms. The summed E-state index contributed by atoms with van der Waals surface area (Å²) in [4.78, 5) is 8.25. The molecule has 0 radical (unpaired) electrons. The third-order valence-electron chi connectivity index (χ3n) is 3.38. The number of imidazole rings is 1. The van der Waals surface area contributed by atoms with E-state index >= 15 is 0 Å². The van der Waals surface area contributed by atoms with Crippen LogP contribution in [0.2, 0.25) is 0 Å². The first kappa shape index (κ1) is 13.0. The van der Waals surface area contributed by atoms with Crippen molar-refractivity contribution in [3.8, 4) is 0 Å². The molecular formula is C12H14F3N5. The van der Waals surface area contributed by atoms with Gasteiger partial charge < -0.3 is 15.0 Å². The zero-order valence-electron chi connectivity index (χ0n) is 10.8. The fourth-order valence-corrected chi connectivity index (χ4v) is 2.11. The third-order valence-corrected chi connectivity index (χ3v) is 3.38. The molecule has 2 heterocycles. The monoisotopic (exact) mass is 285 g/mol. The van der Waals surface area contributed by atoms with Crippen molar-refractivity contribution >= 4 is 17.3 Å². The standard InChI is InChI=1S/C12H14F3N5/c1-2-16-8-7-20-6-5-17-10(20)9(18-8)19-11(3-4-11)12(13,14)15/h5-7,16H,2-4H2,1H3,(H,18,19). The van der Waals surface area contributed by atoms with E-state index in [1.54, 1.807) is 16.8 Å². The number of hydrogen-bond donors (Lipinski definition) is 2. The summed E-state index contributed by atoms with van der Waals surface area (Å²) in [5.41, 5.74) is -1.46. The topological polar surface area (TPSA) is 54.2 Å². The van der Waals surface area contributed by atoms with Crippen molar-refractivity contribution in [3.63, 3.8) is 0 Å². The smallest absolute Gasteiger partial charge is 0.369 e. The average Bonchev–Trinajstić information content (AvgIpc) is 3.00. The second kappa shape index (κ2) is 4.26. The summed E-state index contributed by atoms with van der Waals surface area (Å²) in [6.07, 6.45) is 0.755. The van der Waals surface area contributed by atoms with Crippen LogP contribution in [0.1, 0.15) is 19.8 Å². The zero-order chi connectivity index (χ0) is 14.4. The predicted octanol–water partition coefficient (Wildman–Crippen LogP) is 2.67. The molecule has 1 aliphatic rings. The van der Waals surface area contributed by atoms with Crippen LogP contribution < -0.4 is 10.6 Å². The molecule has 5 nitrogen and oxygen atoms in total. The Morgan fingerprint density at radius 1 is 1.40 bits per heavy atom. The molecule has 2 N–H and O–H groups in total. The van der Waals surface area contributed by atoms with Gasteiger partial charge in [0, 0.05) is 18.9 Å². The van der Waals surface area contributed by atoms with Gasteiger partial charge in [-0.05, 0) is 19.8 Å². The Bertz CT molecular complexity index is 630. The molecule has 0 spiro atoms. The van der Waals surface area contributed by atoms with Crippen molar-refractivity contribution in [2.75, 3.05) is 17.2 Å². The highest BCUT2D eigenvalue weighted by molar-refractivity contribution is 5.67. The second-order valence-electron chi connectivity index (χ2n) is 4.87. The molecule has 1 aliphatic carbocycles. The summed E-state index contributed by atoms with van der Waals surface area (Å²) in [6.45, 7) is 2.53. The van der Waals surface area contributed by atoms with Crippen molar-refractivity contribution in [1.82, 2.24) is 14.4 Å². The molecule has 0 amide bonds. The van der Waals surface area contributed by atoms with Gasteiger partial charge in [-0.2, -0.15) is 13.2 Å². The molecule has 0 aliphatic heterocycles. The van der Waals surface area contributed by atoms with Crippen molar-refractivity contribution in [1.29, 1.82) is 0 Å². The summed E-state index contributed by atoms with van der Waals surface area (Å²) in [5, 5.41) is 5.53. The van der Waals surface area contributed by atoms with Gasteiger partial charge in [0.05, 0.1) is 6.20 Å². The van der Waals surface area contributed by atoms with Crippen molar-refractivity contribution in [2.45, 2.75) is 31.5 Å². The van der Waals surface area contributed by atoms with E-state index in [1.807, 2.05) is 6.92 Å². The highest BCUT2D eigenvalue weighted by atomic mass is 19.4. The van der Waals surface area contributed by atoms with Gasteiger partial charge in [0.25, 0.3) is 0 Å². The minimum absolute atomic E-state index is 0.0660. The fourth-order valence-electron chi connectivity index (χ4n) is 2.11. The van der Waals surface area contributed by atoms with Crippen LogP contribution in [0, 0.1) is 0 Å². The van der Waals surface area contributed by atoms with E-state index in [1.165, 1.54) is 6.20 Å². The van der Waals surface area contributed by atoms with Crippen LogP contribution in [0.15, 0.2) is 18.6 Å². The second-order valence-corrected chi connectivity index (χ2v) is 4.87. The zero-order valence-corrected chi connectivity index (χ0v) is 10.8. The van der Waals surface area contributed by atoms with Gasteiger partial charge in [-0.1, -0.05) is 0 Å². The van der Waals surface area contributed by atoms with Crippen LogP contribution >= 0.6 is 0 Å². The number of anilines is 2. The maximum Gasteiger partial charge on any atom is 0.411 e. The van der Waals surface area contributed by atoms with Crippen LogP contribution in [0.3, 0.4) is 0 Å². The first-order chi connectivity index (χ1) is 9.45. The van der Waals surface area contributed by atoms with Crippen molar-refractivity contribution < 1.29 is 13.2 Å². The highest BCUT2D eigenvalue weighted by Crippen LogP contribution is 2.51. The van der Waals surface area contributed by atoms with Gasteiger partial charge in [-0.3, -0.25) is 0 Å². The number of hydrogen-bond acceptors (Lipinski definition) is 4. The number of alkyl halides is 3. The van der Waals surface area contributed by atoms with Crippen molar-refractivity contribution in [3.05, 3.63) is 18.6 Å². The summed E-state index contributed by atoms with van der Waals surface area (Å²) in [6, 6.07) is 0. The maximum atomic E-state index is 13.0. The molecular weight excluding hydrogens is 271 g/mol. The van der Waals surface area contributed by atoms with Gasteiger partial charge >= 0.3 is 6.18 Å². The average molecular weight is 285 g/mol. The molecule has 3 rings (SSSR count). The lowest BCUT2D eigenvalue weighted by molar-refractivity contribution is -0.151. The molecule has 1 saturated carbocycles. The number of nitrogens with one attached hydrogen (secondary N) is 2. The Hall–Kier alpha value is -1.99. The highest BCUT2D eigenvalue weighted by Gasteiger charge is 2.64. The molecule has 1 fully saturated rings. The Balaban J connectivity index is 2.00. The normalized spacial score (nSPS) is 17.2. The van der Waals surface area contributed by atoms with Crippen LogP contribution in [0.5, 0.6) is 0 Å². The van der Waals surface area contributed by atoms with E-state index in [-0.39, 0.29) is 18.7 Å². The van der Waals surface area contributed by atoms with E-state index < -0.39 is 11.7 Å². The van der Waals surface area contributed by atoms with Crippen molar-refractivity contribution in [2.24, 2.45) is 0 Å².